The molecule has 2 aromatic carbocycles. The lowest BCUT2D eigenvalue weighted by atomic mass is 10.0. The van der Waals surface area contributed by atoms with E-state index in [-0.39, 0.29) is 33.9 Å². The number of nitro benzene ring substituents is 2. The summed E-state index contributed by atoms with van der Waals surface area (Å²) in [6.07, 6.45) is -2.28. The Morgan fingerprint density at radius 3 is 1.25 bits per heavy atom. The maximum atomic E-state index is 13.3. The van der Waals surface area contributed by atoms with Crippen LogP contribution in [0.4, 0.5) is 11.4 Å². The van der Waals surface area contributed by atoms with Crippen LogP contribution >= 0.6 is 69.6 Å². The van der Waals surface area contributed by atoms with Crippen LogP contribution in [0.5, 0.6) is 0 Å². The lowest BCUT2D eigenvalue weighted by Gasteiger charge is -2.37. The highest BCUT2D eigenvalue weighted by Crippen LogP contribution is 2.48. The molecule has 2 aliphatic rings. The van der Waals surface area contributed by atoms with E-state index in [4.69, 9.17) is 69.6 Å². The number of non-ortho nitro benzene ring substituents is 2. The third-order valence-corrected chi connectivity index (χ3v) is 8.54. The van der Waals surface area contributed by atoms with Gasteiger partial charge < -0.3 is 10.2 Å². The lowest BCUT2D eigenvalue weighted by molar-refractivity contribution is -0.385. The normalized spacial score (nSPS) is 22.1. The fourth-order valence-electron chi connectivity index (χ4n) is 4.36. The molecule has 14 nitrogen and oxygen atoms in total. The number of carbonyl (C=O) groups excluding carboxylic acids is 2. The molecule has 2 aromatic rings. The van der Waals surface area contributed by atoms with Gasteiger partial charge in [-0.1, -0.05) is 69.6 Å². The summed E-state index contributed by atoms with van der Waals surface area (Å²) in [7, 11) is 0. The molecule has 2 atom stereocenters. The molecule has 2 N–H and O–H groups in total. The minimum Gasteiger partial charge on any atom is -0.365 e. The number of amides is 2. The first-order chi connectivity index (χ1) is 20.3. The van der Waals surface area contributed by atoms with Crippen LogP contribution in [0, 0.1) is 20.2 Å². The van der Waals surface area contributed by atoms with Crippen LogP contribution in [-0.4, -0.2) is 72.4 Å². The van der Waals surface area contributed by atoms with Gasteiger partial charge in [0.25, 0.3) is 11.4 Å². The molecule has 0 aliphatic carbocycles. The highest BCUT2D eigenvalue weighted by molar-refractivity contribution is 6.69. The Balaban J connectivity index is 1.57. The standard InChI is InChI=1S/C24H18Cl6N6O8/c25-23(26,27)21(39)11-17(13-1-5-15(6-2-13)35(41)42)31-33(21)19(37)9-10-20(38)34-22(40,24(28,29)30)12-18(32-34)14-3-7-16(8-4-14)36(43)44/h1-8,39-40H,9-12H2. The third-order valence-electron chi connectivity index (χ3n) is 6.73. The van der Waals surface area contributed by atoms with Crippen LogP contribution in [0.2, 0.25) is 0 Å². The molecule has 4 rings (SSSR count). The van der Waals surface area contributed by atoms with Crippen molar-refractivity contribution in [2.75, 3.05) is 0 Å². The van der Waals surface area contributed by atoms with Gasteiger partial charge in [0, 0.05) is 49.9 Å². The summed E-state index contributed by atoms with van der Waals surface area (Å²) in [5.41, 5.74) is -4.78. The van der Waals surface area contributed by atoms with Gasteiger partial charge in [-0.25, -0.2) is 0 Å². The number of aliphatic hydroxyl groups is 2. The summed E-state index contributed by atoms with van der Waals surface area (Å²) in [6.45, 7) is 0. The number of alkyl halides is 6. The lowest BCUT2D eigenvalue weighted by Crippen LogP contribution is -2.56. The van der Waals surface area contributed by atoms with Gasteiger partial charge in [-0.15, -0.1) is 0 Å². The van der Waals surface area contributed by atoms with E-state index in [1.807, 2.05) is 0 Å². The summed E-state index contributed by atoms with van der Waals surface area (Å²) in [4.78, 5) is 47.3. The van der Waals surface area contributed by atoms with E-state index in [2.05, 4.69) is 10.2 Å². The van der Waals surface area contributed by atoms with E-state index < -0.39 is 66.4 Å². The fraction of sp³-hybridized carbons (Fsp3) is 0.333. The average molecular weight is 731 g/mol. The molecule has 20 heteroatoms. The van der Waals surface area contributed by atoms with Gasteiger partial charge in [0.05, 0.1) is 21.3 Å². The van der Waals surface area contributed by atoms with Gasteiger partial charge in [0.1, 0.15) is 0 Å². The maximum absolute atomic E-state index is 13.3. The zero-order chi connectivity index (χ0) is 32.8. The first kappa shape index (κ1) is 34.1. The quantitative estimate of drug-likeness (QED) is 0.226. The summed E-state index contributed by atoms with van der Waals surface area (Å²) in [6, 6.07) is 10.1. The maximum Gasteiger partial charge on any atom is 0.269 e. The number of halogens is 6. The van der Waals surface area contributed by atoms with Crippen LogP contribution in [0.15, 0.2) is 58.7 Å². The van der Waals surface area contributed by atoms with E-state index in [0.717, 1.165) is 0 Å². The summed E-state index contributed by atoms with van der Waals surface area (Å²) < 4.78 is -4.99. The van der Waals surface area contributed by atoms with Crippen molar-refractivity contribution in [1.82, 2.24) is 10.0 Å². The van der Waals surface area contributed by atoms with Gasteiger partial charge in [0.2, 0.25) is 30.8 Å². The molecule has 2 aliphatic heterocycles. The molecule has 0 radical (unpaired) electrons. The van der Waals surface area contributed by atoms with Gasteiger partial charge in [0.15, 0.2) is 0 Å². The Morgan fingerprint density at radius 1 is 0.705 bits per heavy atom. The molecule has 0 aromatic heterocycles. The largest absolute Gasteiger partial charge is 0.365 e. The van der Waals surface area contributed by atoms with Crippen LogP contribution in [-0.2, 0) is 9.59 Å². The smallest absolute Gasteiger partial charge is 0.269 e. The summed E-state index contributed by atoms with van der Waals surface area (Å²) in [5.74, 6) is -1.97. The Hall–Kier alpha value is -2.82. The van der Waals surface area contributed by atoms with Crippen molar-refractivity contribution in [2.45, 2.75) is 44.7 Å². The van der Waals surface area contributed by atoms with Gasteiger partial charge in [-0.3, -0.25) is 29.8 Å². The molecule has 2 amide bonds. The molecular weight excluding hydrogens is 713 g/mol. The van der Waals surface area contributed by atoms with E-state index in [9.17, 15) is 40.0 Å². The number of nitrogens with zero attached hydrogens (tertiary/aromatic N) is 6. The van der Waals surface area contributed by atoms with E-state index in [1.54, 1.807) is 0 Å². The zero-order valence-corrected chi connectivity index (χ0v) is 26.3. The summed E-state index contributed by atoms with van der Waals surface area (Å²) in [5, 5.41) is 53.6. The second kappa shape index (κ2) is 12.2. The molecule has 2 heterocycles. The van der Waals surface area contributed by atoms with Crippen LogP contribution in [0.3, 0.4) is 0 Å². The first-order valence-corrected chi connectivity index (χ1v) is 14.4. The van der Waals surface area contributed by atoms with Gasteiger partial charge >= 0.3 is 0 Å². The molecule has 0 spiro atoms. The molecule has 0 fully saturated rings. The van der Waals surface area contributed by atoms with Crippen molar-refractivity contribution in [3.63, 3.8) is 0 Å². The fourth-order valence-corrected chi connectivity index (χ4v) is 5.24. The Bertz CT molecular complexity index is 1460. The molecule has 0 bridgehead atoms. The minimum atomic E-state index is -2.51. The number of benzene rings is 2. The van der Waals surface area contributed by atoms with E-state index in [0.29, 0.717) is 10.0 Å². The molecule has 0 saturated carbocycles. The van der Waals surface area contributed by atoms with Crippen LogP contribution in [0.25, 0.3) is 0 Å². The predicted octanol–water partition coefficient (Wildman–Crippen LogP) is 4.97. The number of rotatable bonds is 7. The van der Waals surface area contributed by atoms with Crippen molar-refractivity contribution < 1.29 is 29.6 Å². The Labute approximate surface area is 277 Å². The number of hydrogen-bond donors (Lipinski definition) is 2. The van der Waals surface area contributed by atoms with E-state index >= 15 is 0 Å². The number of hydrogen-bond acceptors (Lipinski definition) is 10. The number of nitro groups is 2. The number of carbonyl (C=O) groups is 2. The SMILES string of the molecule is O=C(CCC(=O)N1N=C(c2ccc([N+](=O)[O-])cc2)CC1(O)C(Cl)(Cl)Cl)N1N=C(c2ccc([N+](=O)[O-])cc2)CC1(O)C(Cl)(Cl)Cl. The van der Waals surface area contributed by atoms with Crippen LogP contribution in [0.1, 0.15) is 36.8 Å². The van der Waals surface area contributed by atoms with Crippen molar-refractivity contribution >= 4 is 104 Å². The molecule has 44 heavy (non-hydrogen) atoms. The molecular formula is C24H18Cl6N6O8. The van der Waals surface area contributed by atoms with Gasteiger partial charge in [-0.05, 0) is 35.4 Å². The highest BCUT2D eigenvalue weighted by atomic mass is 35.6. The predicted molar refractivity (Wildman–Crippen MR) is 162 cm³/mol. The van der Waals surface area contributed by atoms with Crippen molar-refractivity contribution in [3.8, 4) is 0 Å². The molecule has 0 saturated heterocycles. The Kier molecular flexibility index (Phi) is 9.42. The van der Waals surface area contributed by atoms with Crippen molar-refractivity contribution in [1.29, 1.82) is 0 Å². The first-order valence-electron chi connectivity index (χ1n) is 12.2. The number of hydrazone groups is 2. The second-order valence-corrected chi connectivity index (χ2v) is 14.2. The average Bonchev–Trinajstić information content (AvgIpc) is 3.50. The summed E-state index contributed by atoms with van der Waals surface area (Å²) >= 11 is 36.1. The second-order valence-electron chi connectivity index (χ2n) is 9.59. The van der Waals surface area contributed by atoms with Crippen LogP contribution < -0.4 is 0 Å². The zero-order valence-electron chi connectivity index (χ0n) is 21.7. The monoisotopic (exact) mass is 728 g/mol. The Morgan fingerprint density at radius 2 is 1.00 bits per heavy atom. The van der Waals surface area contributed by atoms with Crippen molar-refractivity contribution in [2.24, 2.45) is 10.2 Å². The third kappa shape index (κ3) is 6.44. The minimum absolute atomic E-state index is 0.0517. The molecule has 2 unspecified atom stereocenters. The topological polar surface area (TPSA) is 192 Å². The van der Waals surface area contributed by atoms with Crippen molar-refractivity contribution in [3.05, 3.63) is 79.9 Å². The van der Waals surface area contributed by atoms with E-state index in [1.165, 1.54) is 48.5 Å². The van der Waals surface area contributed by atoms with Gasteiger partial charge in [-0.2, -0.15) is 20.2 Å². The highest BCUT2D eigenvalue weighted by Gasteiger charge is 2.59. The molecule has 234 valence electrons.